The van der Waals surface area contributed by atoms with Crippen LogP contribution in [0.4, 0.5) is 20.2 Å². The summed E-state index contributed by atoms with van der Waals surface area (Å²) in [4.78, 5) is 12.1. The molecule has 5 nitrogen and oxygen atoms in total. The molecule has 0 saturated heterocycles. The third kappa shape index (κ3) is 3.09. The van der Waals surface area contributed by atoms with E-state index in [1.807, 2.05) is 0 Å². The lowest BCUT2D eigenvalue weighted by molar-refractivity contribution is 0.102. The molecule has 0 atom stereocenters. The van der Waals surface area contributed by atoms with Gasteiger partial charge < -0.3 is 15.5 Å². The quantitative estimate of drug-likeness (QED) is 0.598. The van der Waals surface area contributed by atoms with Crippen molar-refractivity contribution < 1.29 is 18.3 Å². The smallest absolute Gasteiger partial charge is 0.257 e. The Hall–Kier alpha value is -2.67. The van der Waals surface area contributed by atoms with E-state index in [0.29, 0.717) is 0 Å². The number of halogens is 2. The van der Waals surface area contributed by atoms with Gasteiger partial charge in [-0.3, -0.25) is 10.6 Å². The van der Waals surface area contributed by atoms with Gasteiger partial charge in [0.2, 0.25) is 0 Å². The van der Waals surface area contributed by atoms with Crippen LogP contribution >= 0.6 is 0 Å². The van der Waals surface area contributed by atoms with Crippen LogP contribution in [0.3, 0.4) is 0 Å². The van der Waals surface area contributed by atoms with E-state index in [4.69, 9.17) is 10.6 Å². The van der Waals surface area contributed by atoms with E-state index in [-0.39, 0.29) is 22.7 Å². The Morgan fingerprint density at radius 3 is 2.57 bits per heavy atom. The molecule has 0 heterocycles. The molecule has 1 amide bonds. The van der Waals surface area contributed by atoms with Crippen LogP contribution in [0.25, 0.3) is 0 Å². The zero-order valence-corrected chi connectivity index (χ0v) is 11.1. The predicted molar refractivity (Wildman–Crippen MR) is 75.1 cm³/mol. The number of para-hydroxylation sites is 1. The molecule has 0 saturated carbocycles. The van der Waals surface area contributed by atoms with Crippen molar-refractivity contribution in [1.29, 1.82) is 0 Å². The van der Waals surface area contributed by atoms with Gasteiger partial charge in [-0.05, 0) is 24.3 Å². The van der Waals surface area contributed by atoms with Gasteiger partial charge in [-0.15, -0.1) is 0 Å². The van der Waals surface area contributed by atoms with E-state index >= 15 is 0 Å². The second kappa shape index (κ2) is 6.19. The highest BCUT2D eigenvalue weighted by atomic mass is 19.1. The maximum atomic E-state index is 13.5. The maximum absolute atomic E-state index is 13.5. The zero-order valence-electron chi connectivity index (χ0n) is 11.1. The highest BCUT2D eigenvalue weighted by molar-refractivity contribution is 6.08. The normalized spacial score (nSPS) is 10.1. The minimum Gasteiger partial charge on any atom is -0.494 e. The molecule has 4 N–H and O–H groups in total. The van der Waals surface area contributed by atoms with Crippen molar-refractivity contribution in [2.75, 3.05) is 17.9 Å². The standard InChI is InChI=1S/C14H13F2N3O2/c1-21-12-6-5-8(7-11(12)16)18-14(20)9-3-2-4-10(15)13(9)19-17/h2-7,19H,17H2,1H3,(H,18,20). The van der Waals surface area contributed by atoms with Crippen LogP contribution < -0.4 is 21.3 Å². The molecule has 0 aliphatic heterocycles. The van der Waals surface area contributed by atoms with Crippen molar-refractivity contribution in [2.45, 2.75) is 0 Å². The Kier molecular flexibility index (Phi) is 4.34. The summed E-state index contributed by atoms with van der Waals surface area (Å²) in [5.41, 5.74) is 2.22. The van der Waals surface area contributed by atoms with Gasteiger partial charge in [-0.2, -0.15) is 0 Å². The number of ether oxygens (including phenoxy) is 1. The van der Waals surface area contributed by atoms with Gasteiger partial charge in [0.25, 0.3) is 5.91 Å². The molecule has 0 spiro atoms. The average molecular weight is 293 g/mol. The molecule has 0 bridgehead atoms. The molecular formula is C14H13F2N3O2. The first-order valence-electron chi connectivity index (χ1n) is 5.97. The number of methoxy groups -OCH3 is 1. The molecule has 21 heavy (non-hydrogen) atoms. The first kappa shape index (κ1) is 14.7. The number of hydrogen-bond donors (Lipinski definition) is 3. The van der Waals surface area contributed by atoms with Gasteiger partial charge in [-0.25, -0.2) is 8.78 Å². The summed E-state index contributed by atoms with van der Waals surface area (Å²) >= 11 is 0. The molecule has 0 fully saturated rings. The van der Waals surface area contributed by atoms with E-state index < -0.39 is 17.5 Å². The summed E-state index contributed by atoms with van der Waals surface area (Å²) in [5, 5.41) is 2.46. The van der Waals surface area contributed by atoms with Crippen LogP contribution in [0.5, 0.6) is 5.75 Å². The molecule has 110 valence electrons. The van der Waals surface area contributed by atoms with Gasteiger partial charge in [0, 0.05) is 11.8 Å². The molecule has 0 aliphatic carbocycles. The van der Waals surface area contributed by atoms with Crippen molar-refractivity contribution >= 4 is 17.3 Å². The Bertz CT molecular complexity index is 677. The molecule has 0 aliphatic rings. The summed E-state index contributed by atoms with van der Waals surface area (Å²) in [6.45, 7) is 0. The number of carbonyl (C=O) groups excluding carboxylic acids is 1. The Labute approximate surface area is 119 Å². The highest BCUT2D eigenvalue weighted by Crippen LogP contribution is 2.23. The fourth-order valence-corrected chi connectivity index (χ4v) is 1.80. The molecule has 0 unspecified atom stereocenters. The van der Waals surface area contributed by atoms with E-state index in [1.54, 1.807) is 0 Å². The minimum absolute atomic E-state index is 0.00808. The van der Waals surface area contributed by atoms with E-state index in [9.17, 15) is 13.6 Å². The minimum atomic E-state index is -0.661. The van der Waals surface area contributed by atoms with Crippen LogP contribution in [-0.4, -0.2) is 13.0 Å². The van der Waals surface area contributed by atoms with Gasteiger partial charge in [0.15, 0.2) is 11.6 Å². The summed E-state index contributed by atoms with van der Waals surface area (Å²) in [7, 11) is 1.34. The fraction of sp³-hybridized carbons (Fsp3) is 0.0714. The number of nitrogen functional groups attached to an aromatic ring is 1. The topological polar surface area (TPSA) is 76.4 Å². The monoisotopic (exact) mass is 293 g/mol. The van der Waals surface area contributed by atoms with Crippen molar-refractivity contribution in [3.05, 3.63) is 53.6 Å². The van der Waals surface area contributed by atoms with E-state index in [0.717, 1.165) is 6.07 Å². The van der Waals surface area contributed by atoms with Gasteiger partial charge in [-0.1, -0.05) is 6.07 Å². The number of hydrazine groups is 1. The summed E-state index contributed by atoms with van der Waals surface area (Å²) in [5.74, 6) is 3.36. The number of nitrogens with one attached hydrogen (secondary N) is 2. The van der Waals surface area contributed by atoms with Gasteiger partial charge >= 0.3 is 0 Å². The summed E-state index contributed by atoms with van der Waals surface area (Å²) < 4.78 is 31.8. The number of carbonyl (C=O) groups is 1. The van der Waals surface area contributed by atoms with Gasteiger partial charge in [0.05, 0.1) is 18.4 Å². The first-order chi connectivity index (χ1) is 10.1. The largest absolute Gasteiger partial charge is 0.494 e. The average Bonchev–Trinajstić information content (AvgIpc) is 2.47. The lowest BCUT2D eigenvalue weighted by Gasteiger charge is -2.11. The second-order valence-electron chi connectivity index (χ2n) is 4.11. The zero-order chi connectivity index (χ0) is 15.4. The number of rotatable bonds is 4. The number of benzene rings is 2. The second-order valence-corrected chi connectivity index (χ2v) is 4.11. The van der Waals surface area contributed by atoms with Gasteiger partial charge in [0.1, 0.15) is 5.82 Å². The van der Waals surface area contributed by atoms with Crippen molar-refractivity contribution in [3.8, 4) is 5.75 Å². The SMILES string of the molecule is COc1ccc(NC(=O)c2cccc(F)c2NN)cc1F. The molecule has 0 aromatic heterocycles. The number of anilines is 2. The molecule has 2 aromatic rings. The lowest BCUT2D eigenvalue weighted by atomic mass is 10.1. The van der Waals surface area contributed by atoms with Crippen LogP contribution in [-0.2, 0) is 0 Å². The Morgan fingerprint density at radius 2 is 1.95 bits per heavy atom. The third-order valence-electron chi connectivity index (χ3n) is 2.81. The number of hydrogen-bond acceptors (Lipinski definition) is 4. The van der Waals surface area contributed by atoms with Crippen molar-refractivity contribution in [3.63, 3.8) is 0 Å². The van der Waals surface area contributed by atoms with E-state index in [2.05, 4.69) is 10.7 Å². The first-order valence-corrected chi connectivity index (χ1v) is 5.97. The Morgan fingerprint density at radius 1 is 1.19 bits per heavy atom. The number of nitrogens with two attached hydrogens (primary N) is 1. The number of amides is 1. The van der Waals surface area contributed by atoms with Crippen molar-refractivity contribution in [1.82, 2.24) is 0 Å². The van der Waals surface area contributed by atoms with Crippen LogP contribution in [0.2, 0.25) is 0 Å². The lowest BCUT2D eigenvalue weighted by Crippen LogP contribution is -2.18. The molecular weight excluding hydrogens is 280 g/mol. The predicted octanol–water partition coefficient (Wildman–Crippen LogP) is 2.51. The molecule has 2 aromatic carbocycles. The molecule has 0 radical (unpaired) electrons. The fourth-order valence-electron chi connectivity index (χ4n) is 1.80. The molecule has 7 heteroatoms. The Balaban J connectivity index is 2.26. The van der Waals surface area contributed by atoms with Crippen LogP contribution in [0, 0.1) is 11.6 Å². The molecule has 2 rings (SSSR count). The van der Waals surface area contributed by atoms with Crippen LogP contribution in [0.15, 0.2) is 36.4 Å². The van der Waals surface area contributed by atoms with Crippen LogP contribution in [0.1, 0.15) is 10.4 Å². The third-order valence-corrected chi connectivity index (χ3v) is 2.81. The van der Waals surface area contributed by atoms with Crippen molar-refractivity contribution in [2.24, 2.45) is 5.84 Å². The maximum Gasteiger partial charge on any atom is 0.257 e. The van der Waals surface area contributed by atoms with E-state index in [1.165, 1.54) is 37.4 Å². The highest BCUT2D eigenvalue weighted by Gasteiger charge is 2.15. The summed E-state index contributed by atoms with van der Waals surface area (Å²) in [6, 6.07) is 7.88. The summed E-state index contributed by atoms with van der Waals surface area (Å²) in [6.07, 6.45) is 0.